The minimum atomic E-state index is -0.442. The summed E-state index contributed by atoms with van der Waals surface area (Å²) in [5, 5.41) is 2.81. The van der Waals surface area contributed by atoms with E-state index in [2.05, 4.69) is 5.32 Å². The number of carbonyl (C=O) groups excluding carboxylic acids is 1. The molecule has 0 radical (unpaired) electrons. The smallest absolute Gasteiger partial charge is 0.247 e. The van der Waals surface area contributed by atoms with Crippen molar-refractivity contribution >= 4 is 28.9 Å². The van der Waals surface area contributed by atoms with Gasteiger partial charge in [-0.15, -0.1) is 0 Å². The summed E-state index contributed by atoms with van der Waals surface area (Å²) in [5.74, 6) is -0.463. The maximum Gasteiger partial charge on any atom is 0.247 e. The van der Waals surface area contributed by atoms with Crippen LogP contribution in [0.1, 0.15) is 12.8 Å². The molecule has 84 valence electrons. The highest BCUT2D eigenvalue weighted by molar-refractivity contribution is 6.31. The summed E-state index contributed by atoms with van der Waals surface area (Å²) in [6.45, 7) is 0.798. The van der Waals surface area contributed by atoms with Crippen LogP contribution in [0.3, 0.4) is 0 Å². The highest BCUT2D eigenvalue weighted by Crippen LogP contribution is 2.39. The number of benzene rings is 1. The van der Waals surface area contributed by atoms with Gasteiger partial charge in [0.15, 0.2) is 0 Å². The van der Waals surface area contributed by atoms with Gasteiger partial charge in [0.2, 0.25) is 5.91 Å². The molecule has 1 N–H and O–H groups in total. The average Bonchev–Trinajstić information content (AvgIpc) is 2.71. The van der Waals surface area contributed by atoms with Gasteiger partial charge in [0, 0.05) is 12.6 Å². The highest BCUT2D eigenvalue weighted by atomic mass is 35.5. The topological polar surface area (TPSA) is 32.3 Å². The van der Waals surface area contributed by atoms with Gasteiger partial charge in [-0.1, -0.05) is 11.6 Å². The van der Waals surface area contributed by atoms with Crippen molar-refractivity contribution in [1.82, 2.24) is 0 Å². The van der Waals surface area contributed by atoms with Gasteiger partial charge < -0.3 is 10.2 Å². The largest absolute Gasteiger partial charge is 0.358 e. The van der Waals surface area contributed by atoms with Crippen molar-refractivity contribution in [3.63, 3.8) is 0 Å². The number of halogens is 2. The molecule has 0 saturated carbocycles. The summed E-state index contributed by atoms with van der Waals surface area (Å²) in [6.07, 6.45) is 1.79. The van der Waals surface area contributed by atoms with Crippen LogP contribution in [0.25, 0.3) is 0 Å². The number of anilines is 2. The number of fused-ring (bicyclic) bond motifs is 3. The summed E-state index contributed by atoms with van der Waals surface area (Å²) in [6, 6.07) is 2.72. The Bertz CT molecular complexity index is 477. The van der Waals surface area contributed by atoms with Crippen LogP contribution < -0.4 is 10.2 Å². The number of nitrogens with zero attached hydrogens (tertiary/aromatic N) is 1. The zero-order chi connectivity index (χ0) is 11.3. The third-order valence-corrected chi connectivity index (χ3v) is 3.45. The number of hydrogen-bond donors (Lipinski definition) is 1. The second kappa shape index (κ2) is 3.35. The first-order valence-electron chi connectivity index (χ1n) is 5.23. The van der Waals surface area contributed by atoms with Gasteiger partial charge in [0.1, 0.15) is 11.9 Å². The maximum atomic E-state index is 13.4. The van der Waals surface area contributed by atoms with E-state index in [0.29, 0.717) is 5.69 Å². The van der Waals surface area contributed by atoms with Crippen molar-refractivity contribution < 1.29 is 9.18 Å². The molecule has 2 aliphatic rings. The van der Waals surface area contributed by atoms with E-state index in [1.807, 2.05) is 4.90 Å². The third-order valence-electron chi connectivity index (χ3n) is 3.16. The lowest BCUT2D eigenvalue weighted by atomic mass is 10.1. The molecular formula is C11H10ClFN2O. The first kappa shape index (κ1) is 9.90. The summed E-state index contributed by atoms with van der Waals surface area (Å²) in [7, 11) is 0. The van der Waals surface area contributed by atoms with Crippen molar-refractivity contribution in [3.8, 4) is 0 Å². The molecule has 1 atom stereocenters. The quantitative estimate of drug-likeness (QED) is 0.755. The Labute approximate surface area is 97.2 Å². The molecule has 0 aliphatic carbocycles. The molecule has 3 rings (SSSR count). The van der Waals surface area contributed by atoms with Crippen molar-refractivity contribution in [2.75, 3.05) is 16.8 Å². The van der Waals surface area contributed by atoms with E-state index in [9.17, 15) is 9.18 Å². The molecule has 1 amide bonds. The SMILES string of the molecule is O=C1Nc2cc(Cl)c(F)cc2N2CCCC12. The van der Waals surface area contributed by atoms with Crippen LogP contribution in [0, 0.1) is 5.82 Å². The number of hydrogen-bond acceptors (Lipinski definition) is 2. The van der Waals surface area contributed by atoms with Gasteiger partial charge in [0.25, 0.3) is 0 Å². The zero-order valence-corrected chi connectivity index (χ0v) is 9.22. The maximum absolute atomic E-state index is 13.4. The highest BCUT2D eigenvalue weighted by Gasteiger charge is 2.36. The Balaban J connectivity index is 2.14. The molecule has 3 nitrogen and oxygen atoms in total. The van der Waals surface area contributed by atoms with Crippen LogP contribution in [0.5, 0.6) is 0 Å². The number of nitrogens with one attached hydrogen (secondary N) is 1. The molecule has 1 saturated heterocycles. The lowest BCUT2D eigenvalue weighted by Gasteiger charge is -2.33. The fourth-order valence-corrected chi connectivity index (χ4v) is 2.58. The Kier molecular flexibility index (Phi) is 2.07. The molecule has 0 aromatic heterocycles. The molecular weight excluding hydrogens is 231 g/mol. The van der Waals surface area contributed by atoms with Crippen LogP contribution >= 0.6 is 11.6 Å². The average molecular weight is 241 g/mol. The van der Waals surface area contributed by atoms with Crippen molar-refractivity contribution in [1.29, 1.82) is 0 Å². The summed E-state index contributed by atoms with van der Waals surface area (Å²) in [5.41, 5.74) is 1.35. The number of carbonyl (C=O) groups is 1. The summed E-state index contributed by atoms with van der Waals surface area (Å²) >= 11 is 5.69. The Hall–Kier alpha value is -1.29. The van der Waals surface area contributed by atoms with Crippen LogP contribution in [-0.4, -0.2) is 18.5 Å². The van der Waals surface area contributed by atoms with E-state index < -0.39 is 5.82 Å². The monoisotopic (exact) mass is 240 g/mol. The van der Waals surface area contributed by atoms with Gasteiger partial charge in [-0.25, -0.2) is 4.39 Å². The fraction of sp³-hybridized carbons (Fsp3) is 0.364. The number of rotatable bonds is 0. The minimum absolute atomic E-state index is 0.0207. The Morgan fingerprint density at radius 3 is 3.12 bits per heavy atom. The van der Waals surface area contributed by atoms with E-state index in [0.717, 1.165) is 25.1 Å². The predicted octanol–water partition coefficient (Wildman–Crippen LogP) is 2.40. The molecule has 1 aromatic carbocycles. The van der Waals surface area contributed by atoms with E-state index in [1.165, 1.54) is 12.1 Å². The summed E-state index contributed by atoms with van der Waals surface area (Å²) < 4.78 is 13.4. The first-order valence-corrected chi connectivity index (χ1v) is 5.61. The standard InChI is InChI=1S/C11H10ClFN2O/c12-6-4-8-10(5-7(6)13)15-3-1-2-9(15)11(16)14-8/h4-5,9H,1-3H2,(H,14,16). The molecule has 0 spiro atoms. The van der Waals surface area contributed by atoms with Crippen molar-refractivity contribution in [2.24, 2.45) is 0 Å². The van der Waals surface area contributed by atoms with E-state index in [1.54, 1.807) is 0 Å². The Morgan fingerprint density at radius 1 is 1.50 bits per heavy atom. The minimum Gasteiger partial charge on any atom is -0.358 e. The lowest BCUT2D eigenvalue weighted by molar-refractivity contribution is -0.117. The van der Waals surface area contributed by atoms with Crippen LogP contribution in [0.2, 0.25) is 5.02 Å². The van der Waals surface area contributed by atoms with Gasteiger partial charge in [-0.3, -0.25) is 4.79 Å². The fourth-order valence-electron chi connectivity index (χ4n) is 2.42. The van der Waals surface area contributed by atoms with E-state index in [4.69, 9.17) is 11.6 Å². The summed E-state index contributed by atoms with van der Waals surface area (Å²) in [4.78, 5) is 13.7. The molecule has 16 heavy (non-hydrogen) atoms. The first-order chi connectivity index (χ1) is 7.66. The molecule has 5 heteroatoms. The van der Waals surface area contributed by atoms with Crippen molar-refractivity contribution in [2.45, 2.75) is 18.9 Å². The normalized spacial score (nSPS) is 22.8. The van der Waals surface area contributed by atoms with Gasteiger partial charge >= 0.3 is 0 Å². The second-order valence-electron chi connectivity index (χ2n) is 4.12. The molecule has 1 fully saturated rings. The van der Waals surface area contributed by atoms with Gasteiger partial charge in [0.05, 0.1) is 16.4 Å². The molecule has 1 unspecified atom stereocenters. The molecule has 2 aliphatic heterocycles. The van der Waals surface area contributed by atoms with Gasteiger partial charge in [-0.2, -0.15) is 0 Å². The predicted molar refractivity (Wildman–Crippen MR) is 60.4 cm³/mol. The molecule has 2 heterocycles. The Morgan fingerprint density at radius 2 is 2.31 bits per heavy atom. The van der Waals surface area contributed by atoms with Crippen LogP contribution in [0.4, 0.5) is 15.8 Å². The van der Waals surface area contributed by atoms with Crippen LogP contribution in [0.15, 0.2) is 12.1 Å². The molecule has 1 aromatic rings. The van der Waals surface area contributed by atoms with E-state index in [-0.39, 0.29) is 17.0 Å². The van der Waals surface area contributed by atoms with Crippen molar-refractivity contribution in [3.05, 3.63) is 23.0 Å². The second-order valence-corrected chi connectivity index (χ2v) is 4.53. The zero-order valence-electron chi connectivity index (χ0n) is 8.46. The number of amides is 1. The van der Waals surface area contributed by atoms with Gasteiger partial charge in [-0.05, 0) is 18.9 Å². The van der Waals surface area contributed by atoms with Crippen LogP contribution in [-0.2, 0) is 4.79 Å². The lowest BCUT2D eigenvalue weighted by Crippen LogP contribution is -2.43. The van der Waals surface area contributed by atoms with E-state index >= 15 is 0 Å². The molecule has 0 bridgehead atoms. The third kappa shape index (κ3) is 1.29.